The van der Waals surface area contributed by atoms with Gasteiger partial charge in [-0.15, -0.1) is 0 Å². The SMILES string of the molecule is Cc1ccc(-c2ccc(Nc3ccc(F)cc3)nc2)cc1. The van der Waals surface area contributed by atoms with Crippen LogP contribution >= 0.6 is 0 Å². The second-order valence-electron chi connectivity index (χ2n) is 4.93. The first-order chi connectivity index (χ1) is 10.2. The highest BCUT2D eigenvalue weighted by Gasteiger charge is 2.00. The van der Waals surface area contributed by atoms with E-state index in [4.69, 9.17) is 0 Å². The summed E-state index contributed by atoms with van der Waals surface area (Å²) in [6.07, 6.45) is 1.83. The second kappa shape index (κ2) is 5.75. The van der Waals surface area contributed by atoms with Gasteiger partial charge in [0.15, 0.2) is 0 Å². The number of nitrogens with zero attached hydrogens (tertiary/aromatic N) is 1. The van der Waals surface area contributed by atoms with E-state index in [1.165, 1.54) is 17.7 Å². The minimum absolute atomic E-state index is 0.247. The molecule has 0 aliphatic carbocycles. The van der Waals surface area contributed by atoms with Crippen molar-refractivity contribution in [3.63, 3.8) is 0 Å². The molecule has 2 aromatic carbocycles. The number of benzene rings is 2. The van der Waals surface area contributed by atoms with Crippen LogP contribution in [0, 0.1) is 12.7 Å². The fourth-order valence-electron chi connectivity index (χ4n) is 2.07. The lowest BCUT2D eigenvalue weighted by Crippen LogP contribution is -1.93. The van der Waals surface area contributed by atoms with Gasteiger partial charge in [0.2, 0.25) is 0 Å². The molecular weight excluding hydrogens is 263 g/mol. The molecule has 1 heterocycles. The topological polar surface area (TPSA) is 24.9 Å². The summed E-state index contributed by atoms with van der Waals surface area (Å²) in [6, 6.07) is 18.5. The zero-order valence-corrected chi connectivity index (χ0v) is 11.7. The predicted octanol–water partition coefficient (Wildman–Crippen LogP) is 4.94. The molecule has 0 fully saturated rings. The van der Waals surface area contributed by atoms with Crippen molar-refractivity contribution >= 4 is 11.5 Å². The Bertz CT molecular complexity index is 717. The van der Waals surface area contributed by atoms with Crippen molar-refractivity contribution in [1.29, 1.82) is 0 Å². The van der Waals surface area contributed by atoms with E-state index in [9.17, 15) is 4.39 Å². The van der Waals surface area contributed by atoms with E-state index >= 15 is 0 Å². The van der Waals surface area contributed by atoms with Gasteiger partial charge in [-0.05, 0) is 48.9 Å². The Hall–Kier alpha value is -2.68. The van der Waals surface area contributed by atoms with Gasteiger partial charge in [0.25, 0.3) is 0 Å². The first-order valence-electron chi connectivity index (χ1n) is 6.76. The maximum absolute atomic E-state index is 12.9. The van der Waals surface area contributed by atoms with Crippen LogP contribution in [0.3, 0.4) is 0 Å². The van der Waals surface area contributed by atoms with Gasteiger partial charge >= 0.3 is 0 Å². The molecule has 3 rings (SSSR count). The number of anilines is 2. The van der Waals surface area contributed by atoms with Gasteiger partial charge in [0.05, 0.1) is 0 Å². The lowest BCUT2D eigenvalue weighted by atomic mass is 10.1. The highest BCUT2D eigenvalue weighted by molar-refractivity contribution is 5.65. The smallest absolute Gasteiger partial charge is 0.130 e. The standard InChI is InChI=1S/C18H15FN2/c1-13-2-4-14(5-3-13)15-6-11-18(20-12-15)21-17-9-7-16(19)8-10-17/h2-12H,1H3,(H,20,21). The highest BCUT2D eigenvalue weighted by atomic mass is 19.1. The molecule has 0 unspecified atom stereocenters. The molecule has 0 aliphatic heterocycles. The predicted molar refractivity (Wildman–Crippen MR) is 84.1 cm³/mol. The van der Waals surface area contributed by atoms with E-state index in [2.05, 4.69) is 41.5 Å². The Morgan fingerprint density at radius 3 is 2.10 bits per heavy atom. The molecule has 0 spiro atoms. The average Bonchev–Trinajstić information content (AvgIpc) is 2.51. The van der Waals surface area contributed by atoms with E-state index < -0.39 is 0 Å². The maximum Gasteiger partial charge on any atom is 0.130 e. The minimum atomic E-state index is -0.247. The van der Waals surface area contributed by atoms with E-state index in [-0.39, 0.29) is 5.82 Å². The number of aromatic nitrogens is 1. The van der Waals surface area contributed by atoms with E-state index in [1.807, 2.05) is 18.3 Å². The van der Waals surface area contributed by atoms with Crippen molar-refractivity contribution in [2.24, 2.45) is 0 Å². The quantitative estimate of drug-likeness (QED) is 0.734. The van der Waals surface area contributed by atoms with Crippen LogP contribution in [-0.2, 0) is 0 Å². The van der Waals surface area contributed by atoms with Crippen molar-refractivity contribution in [3.05, 3.63) is 78.2 Å². The molecule has 0 saturated carbocycles. The molecule has 0 aliphatic rings. The molecule has 0 amide bonds. The molecule has 1 N–H and O–H groups in total. The number of hydrogen-bond acceptors (Lipinski definition) is 2. The summed E-state index contributed by atoms with van der Waals surface area (Å²) in [4.78, 5) is 4.39. The van der Waals surface area contributed by atoms with Crippen LogP contribution in [0.2, 0.25) is 0 Å². The largest absolute Gasteiger partial charge is 0.340 e. The monoisotopic (exact) mass is 278 g/mol. The molecule has 21 heavy (non-hydrogen) atoms. The van der Waals surface area contributed by atoms with Gasteiger partial charge in [0.1, 0.15) is 11.6 Å². The van der Waals surface area contributed by atoms with Gasteiger partial charge in [-0.25, -0.2) is 9.37 Å². The molecular formula is C18H15FN2. The fraction of sp³-hybridized carbons (Fsp3) is 0.0556. The Labute approximate surface area is 123 Å². The first-order valence-corrected chi connectivity index (χ1v) is 6.76. The zero-order chi connectivity index (χ0) is 14.7. The van der Waals surface area contributed by atoms with E-state index in [0.29, 0.717) is 0 Å². The van der Waals surface area contributed by atoms with Gasteiger partial charge in [-0.1, -0.05) is 29.8 Å². The molecule has 0 saturated heterocycles. The van der Waals surface area contributed by atoms with Crippen LogP contribution in [-0.4, -0.2) is 4.98 Å². The lowest BCUT2D eigenvalue weighted by Gasteiger charge is -2.07. The van der Waals surface area contributed by atoms with Gasteiger partial charge < -0.3 is 5.32 Å². The molecule has 3 heteroatoms. The molecule has 0 atom stereocenters. The molecule has 1 aromatic heterocycles. The van der Waals surface area contributed by atoms with E-state index in [1.54, 1.807) is 12.1 Å². The third kappa shape index (κ3) is 3.26. The summed E-state index contributed by atoms with van der Waals surface area (Å²) in [7, 11) is 0. The van der Waals surface area contributed by atoms with Crippen LogP contribution in [0.4, 0.5) is 15.9 Å². The number of nitrogens with one attached hydrogen (secondary N) is 1. The van der Waals surface area contributed by atoms with Crippen LogP contribution < -0.4 is 5.32 Å². The summed E-state index contributed by atoms with van der Waals surface area (Å²) in [6.45, 7) is 2.07. The number of pyridine rings is 1. The van der Waals surface area contributed by atoms with Gasteiger partial charge in [0, 0.05) is 17.4 Å². The van der Waals surface area contributed by atoms with Gasteiger partial charge in [-0.3, -0.25) is 0 Å². The van der Waals surface area contributed by atoms with Crippen LogP contribution in [0.15, 0.2) is 66.9 Å². The van der Waals surface area contributed by atoms with E-state index in [0.717, 1.165) is 22.6 Å². The summed E-state index contributed by atoms with van der Waals surface area (Å²) < 4.78 is 12.9. The van der Waals surface area contributed by atoms with Crippen molar-refractivity contribution in [2.45, 2.75) is 6.92 Å². The number of rotatable bonds is 3. The number of aryl methyl sites for hydroxylation is 1. The van der Waals surface area contributed by atoms with Crippen molar-refractivity contribution in [2.75, 3.05) is 5.32 Å². The maximum atomic E-state index is 12.9. The third-order valence-electron chi connectivity index (χ3n) is 3.27. The Morgan fingerprint density at radius 2 is 1.48 bits per heavy atom. The van der Waals surface area contributed by atoms with Crippen molar-refractivity contribution < 1.29 is 4.39 Å². The molecule has 0 bridgehead atoms. The number of hydrogen-bond donors (Lipinski definition) is 1. The van der Waals surface area contributed by atoms with Crippen LogP contribution in [0.5, 0.6) is 0 Å². The van der Waals surface area contributed by atoms with Gasteiger partial charge in [-0.2, -0.15) is 0 Å². The fourth-order valence-corrected chi connectivity index (χ4v) is 2.07. The molecule has 2 nitrogen and oxygen atoms in total. The Balaban J connectivity index is 1.77. The number of halogens is 1. The first kappa shape index (κ1) is 13.3. The Morgan fingerprint density at radius 1 is 0.810 bits per heavy atom. The zero-order valence-electron chi connectivity index (χ0n) is 11.7. The third-order valence-corrected chi connectivity index (χ3v) is 3.27. The lowest BCUT2D eigenvalue weighted by molar-refractivity contribution is 0.628. The normalized spacial score (nSPS) is 10.4. The van der Waals surface area contributed by atoms with Crippen molar-refractivity contribution in [1.82, 2.24) is 4.98 Å². The summed E-state index contributed by atoms with van der Waals surface area (Å²) >= 11 is 0. The minimum Gasteiger partial charge on any atom is -0.340 e. The summed E-state index contributed by atoms with van der Waals surface area (Å²) in [5.74, 6) is 0.487. The second-order valence-corrected chi connectivity index (χ2v) is 4.93. The summed E-state index contributed by atoms with van der Waals surface area (Å²) in [5.41, 5.74) is 4.26. The van der Waals surface area contributed by atoms with Crippen molar-refractivity contribution in [3.8, 4) is 11.1 Å². The average molecular weight is 278 g/mol. The van der Waals surface area contributed by atoms with Crippen LogP contribution in [0.1, 0.15) is 5.56 Å². The highest BCUT2D eigenvalue weighted by Crippen LogP contribution is 2.21. The summed E-state index contributed by atoms with van der Waals surface area (Å²) in [5, 5.41) is 3.14. The molecule has 0 radical (unpaired) electrons. The molecule has 104 valence electrons. The van der Waals surface area contributed by atoms with Crippen LogP contribution in [0.25, 0.3) is 11.1 Å². The molecule has 3 aromatic rings. The Kier molecular flexibility index (Phi) is 3.65.